The molecule has 0 aliphatic carbocycles. The van der Waals surface area contributed by atoms with E-state index in [9.17, 15) is 52.5 Å². The molecule has 0 saturated carbocycles. The average molecular weight is 1890 g/mol. The number of halogens is 5. The van der Waals surface area contributed by atoms with E-state index in [0.717, 1.165) is 40.3 Å². The number of nitrogens with zero attached hydrogens (tertiary/aromatic N) is 4. The molecule has 7 rings (SSSR count). The standard InChI is InChI=1S/C16H20O6.C15H16ClN3O3.C15H17N3O4.C10H11BrO3.C10H12O3.C6H10O3.C4H11N.CH5N3.CH4.BHNS.Cl3OP.Na.H/c1-5-22-16(19)13(10(2)17)9-12-8-11(15(18)21-4)6-7-14(12)20-3;1-8-11(13(16)19-15(17)18-8)7-10-6-9(14(20)22-3)4-5-12(10)21-2;1-8-11(13(19)18-15(16)17-8)7-10-6-9(14(20)22-3)4-5-12(10)21-2;1-13-9-4-3-7(10(12)14-2)5-8(9)6-11;1-7-6-8(10(11)13-3)4-5-9(7)12-2;1-3-9-6(8)4-5(2)7;1-2-3-4-5;2-1(3)4;;1-2-3;1-5(2,3)4;;/h6-8,13H,5,9H2,1-4H3;4-6H,7H2,1-3H3,(H2,17,18,19);4-6H,7H2,1-3H3,(H3,16,17,18,19);3-5H,6H2,1-2H3;4-6H,1-3H3;3-4H2,1-2H3;2-5H2,1H3;(H5,2,3,4);1H4;3H;;;/q;;;;;;;;;;;+1;-1. The zero-order chi connectivity index (χ0) is 91.8. The van der Waals surface area contributed by atoms with E-state index in [0.29, 0.717) is 91.5 Å². The SMILES string of the molecule is C.CCCCN.CCOC(=O)C(Cc1cc(C(=O)OC)ccc1OC)C(C)=O.CCOC(=O)CC(C)=O.COC(=O)c1ccc(OC)c(C)c1.COC(=O)c1ccc(OC)c(CBr)c1.COC(=O)c1ccc(OC)c(Cc2c(C)nc(N)[nH]c2=O)c1.COC(=O)c1ccc(OC)c(Cc2c(C)nc(N)nc2Cl)c1.N=C(N)N.O=P(Cl)(Cl)Cl.[B]=NS.[H-].[Na+]. The normalized spacial score (nSPS) is 9.75. The molecule has 0 spiro atoms. The number of hydrogen-bond acceptors (Lipinski definition) is 32. The van der Waals surface area contributed by atoms with Crippen molar-refractivity contribution in [3.63, 3.8) is 0 Å². The fourth-order valence-electron chi connectivity index (χ4n) is 9.24. The molecule has 663 valence electrons. The smallest absolute Gasteiger partial charge is 1.00 e. The van der Waals surface area contributed by atoms with Crippen molar-refractivity contribution in [1.82, 2.24) is 19.9 Å². The number of hydrogen-bond donors (Lipinski definition) is 8. The van der Waals surface area contributed by atoms with Gasteiger partial charge in [-0.05, 0) is 215 Å². The molecular formula is C78H108BBrCl4N11NaO23PS. The number of aromatic nitrogens is 4. The van der Waals surface area contributed by atoms with Crippen LogP contribution in [0.2, 0.25) is 5.15 Å². The summed E-state index contributed by atoms with van der Waals surface area (Å²) in [6.45, 7) is 15.0. The van der Waals surface area contributed by atoms with Crippen LogP contribution < -0.4 is 87.5 Å². The van der Waals surface area contributed by atoms with Crippen LogP contribution in [-0.2, 0) is 81.5 Å². The third-order valence-electron chi connectivity index (χ3n) is 14.7. The Hall–Kier alpha value is -9.40. The molecule has 1 unspecified atom stereocenters. The summed E-state index contributed by atoms with van der Waals surface area (Å²) in [5.41, 5.74) is 33.4. The van der Waals surface area contributed by atoms with E-state index in [4.69, 9.17) is 72.1 Å². The number of H-pyrrole nitrogens is 1. The van der Waals surface area contributed by atoms with E-state index in [2.05, 4.69) is 132 Å². The van der Waals surface area contributed by atoms with Crippen LogP contribution in [0.3, 0.4) is 0 Å². The number of unbranched alkanes of at least 4 members (excludes halogenated alkanes) is 1. The molecule has 0 bridgehead atoms. The molecule has 0 amide bonds. The van der Waals surface area contributed by atoms with Gasteiger partial charge in [-0.3, -0.25) is 38.9 Å². The molecule has 1 radical (unpaired) electrons. The largest absolute Gasteiger partial charge is 1.00 e. The molecule has 2 aromatic heterocycles. The minimum absolute atomic E-state index is 0. The number of guanidine groups is 1. The molecule has 0 aliphatic heterocycles. The van der Waals surface area contributed by atoms with Gasteiger partial charge in [-0.2, -0.15) is 0 Å². The average Bonchev–Trinajstić information content (AvgIpc) is 0.883. The second-order valence-corrected chi connectivity index (χ2v) is 30.9. The Balaban J connectivity index is -0.000000322. The first-order valence-electron chi connectivity index (χ1n) is 34.8. The zero-order valence-electron chi connectivity index (χ0n) is 71.2. The van der Waals surface area contributed by atoms with E-state index >= 15 is 0 Å². The van der Waals surface area contributed by atoms with Gasteiger partial charge in [-0.15, -0.1) is 0 Å². The summed E-state index contributed by atoms with van der Waals surface area (Å²) in [4.78, 5) is 128. The van der Waals surface area contributed by atoms with Gasteiger partial charge in [0.15, 0.2) is 5.96 Å². The molecule has 43 heteroatoms. The molecule has 7 aromatic rings. The van der Waals surface area contributed by atoms with Crippen LogP contribution in [0.5, 0.6) is 28.7 Å². The number of aryl methyl sites for hydroxylation is 3. The number of esters is 7. The molecular weight excluding hydrogens is 1780 g/mol. The first kappa shape index (κ1) is 120. The number of benzene rings is 5. The van der Waals surface area contributed by atoms with Crippen LogP contribution in [0, 0.1) is 32.1 Å². The number of thiol groups is 1. The fraction of sp³-hybridized carbons (Fsp3) is 0.385. The monoisotopic (exact) mass is 1880 g/mol. The second-order valence-electron chi connectivity index (χ2n) is 23.1. The van der Waals surface area contributed by atoms with Crippen molar-refractivity contribution in [3.05, 3.63) is 185 Å². The van der Waals surface area contributed by atoms with Gasteiger partial charge in [0.05, 0.1) is 118 Å². The number of carbonyl (C=O) groups is 9. The predicted octanol–water partition coefficient (Wildman–Crippen LogP) is 10.3. The van der Waals surface area contributed by atoms with Crippen molar-refractivity contribution in [3.8, 4) is 28.7 Å². The maximum atomic E-state index is 12.0. The Morgan fingerprint density at radius 1 is 0.587 bits per heavy atom. The van der Waals surface area contributed by atoms with E-state index in [-0.39, 0.29) is 116 Å². The van der Waals surface area contributed by atoms with E-state index in [1.807, 2.05) is 6.92 Å². The minimum atomic E-state index is -3.22. The third-order valence-corrected chi connectivity index (χ3v) is 15.6. The summed E-state index contributed by atoms with van der Waals surface area (Å²) in [6.07, 6.45) is 3.06. The van der Waals surface area contributed by atoms with Gasteiger partial charge < -0.3 is 86.9 Å². The summed E-state index contributed by atoms with van der Waals surface area (Å²) in [6, 6.07) is 25.0. The zero-order valence-corrected chi connectivity index (χ0v) is 78.6. The number of nitrogens with two attached hydrogens (primary N) is 5. The number of nitrogens with one attached hydrogen (secondary N) is 2. The van der Waals surface area contributed by atoms with Gasteiger partial charge in [0, 0.05) is 40.6 Å². The van der Waals surface area contributed by atoms with E-state index in [1.54, 1.807) is 140 Å². The van der Waals surface area contributed by atoms with E-state index < -0.39 is 41.0 Å². The molecule has 34 nitrogen and oxygen atoms in total. The number of carbonyl (C=O) groups excluding carboxylic acids is 9. The summed E-state index contributed by atoms with van der Waals surface area (Å²) < 4.78 is 70.9. The Morgan fingerprint density at radius 3 is 1.21 bits per heavy atom. The van der Waals surface area contributed by atoms with Crippen LogP contribution >= 0.6 is 79.3 Å². The van der Waals surface area contributed by atoms with Gasteiger partial charge in [0.25, 0.3) is 5.56 Å². The number of alkyl halides is 1. The molecule has 0 aliphatic rings. The molecule has 121 heavy (non-hydrogen) atoms. The second kappa shape index (κ2) is 67.2. The van der Waals surface area contributed by atoms with Crippen molar-refractivity contribution < 1.29 is 136 Å². The van der Waals surface area contributed by atoms with E-state index in [1.165, 1.54) is 76.5 Å². The maximum absolute atomic E-state index is 12.0. The Bertz CT molecular complexity index is 4550. The summed E-state index contributed by atoms with van der Waals surface area (Å²) in [5.74, 6) is -1.35. The first-order valence-corrected chi connectivity index (χ1v) is 41.1. The van der Waals surface area contributed by atoms with Gasteiger partial charge >= 0.3 is 101 Å². The van der Waals surface area contributed by atoms with Crippen LogP contribution in [-0.4, -0.2) is 178 Å². The number of rotatable bonds is 25. The predicted molar refractivity (Wildman–Crippen MR) is 472 cm³/mol. The van der Waals surface area contributed by atoms with Gasteiger partial charge in [0.2, 0.25) is 11.9 Å². The van der Waals surface area contributed by atoms with Crippen molar-refractivity contribution in [2.45, 2.75) is 107 Å². The maximum Gasteiger partial charge on any atom is 1.00 e. The number of ketones is 2. The van der Waals surface area contributed by atoms with Gasteiger partial charge in [-0.1, -0.05) is 48.3 Å². The molecule has 0 fully saturated rings. The minimum Gasteiger partial charge on any atom is -1.00 e. The first-order chi connectivity index (χ1) is 56.0. The van der Waals surface area contributed by atoms with Crippen LogP contribution in [0.4, 0.5) is 11.9 Å². The Labute approximate surface area is 763 Å². The number of anilines is 2. The quantitative estimate of drug-likeness (QED) is 0.00252. The van der Waals surface area contributed by atoms with Crippen LogP contribution in [0.15, 0.2) is 100 Å². The molecule has 1 atom stereocenters. The molecule has 5 aromatic carbocycles. The molecule has 2 heterocycles. The van der Waals surface area contributed by atoms with Crippen molar-refractivity contribution in [1.29, 1.82) is 5.41 Å². The van der Waals surface area contributed by atoms with Crippen molar-refractivity contribution in [2.24, 2.45) is 27.4 Å². The number of methoxy groups -OCH3 is 10. The van der Waals surface area contributed by atoms with Gasteiger partial charge in [0.1, 0.15) is 57.8 Å². The van der Waals surface area contributed by atoms with Crippen molar-refractivity contribution >= 4 is 158 Å². The van der Waals surface area contributed by atoms with Gasteiger partial charge in [-0.25, -0.2) is 38.9 Å². The number of nitrogen functional groups attached to an aromatic ring is 2. The Morgan fingerprint density at radius 2 is 0.917 bits per heavy atom. The van der Waals surface area contributed by atoms with Crippen molar-refractivity contribution in [2.75, 3.05) is 102 Å². The summed E-state index contributed by atoms with van der Waals surface area (Å²) in [7, 11) is 18.7. The number of ether oxygens (including phenoxy) is 12. The number of aromatic amines is 1. The fourth-order valence-corrected chi connectivity index (χ4v) is 9.96. The van der Waals surface area contributed by atoms with Crippen LogP contribution in [0.1, 0.15) is 165 Å². The topological polar surface area (TPSA) is 519 Å². The molecule has 12 N–H and O–H groups in total. The third kappa shape index (κ3) is 50.0. The number of Topliss-reactive ketones (excluding diaryl/α,β-unsaturated/α-hetero) is 2. The summed E-state index contributed by atoms with van der Waals surface area (Å²) >= 11 is 26.5. The van der Waals surface area contributed by atoms with Crippen LogP contribution in [0.25, 0.3) is 0 Å². The molecule has 0 saturated heterocycles. The summed E-state index contributed by atoms with van der Waals surface area (Å²) in [5, 5.41) is 3.76. The Kier molecular flexibility index (Phi) is 66.7.